The van der Waals surface area contributed by atoms with Crippen molar-refractivity contribution >= 4 is 45.8 Å². The summed E-state index contributed by atoms with van der Waals surface area (Å²) in [7, 11) is 0. The highest BCUT2D eigenvalue weighted by Crippen LogP contribution is 2.27. The normalized spacial score (nSPS) is 17.9. The fourth-order valence-corrected chi connectivity index (χ4v) is 3.04. The lowest BCUT2D eigenvalue weighted by Crippen LogP contribution is -2.48. The van der Waals surface area contributed by atoms with E-state index in [9.17, 15) is 4.79 Å². The topological polar surface area (TPSA) is 45.5 Å². The Morgan fingerprint density at radius 1 is 1.36 bits per heavy atom. The molecular weight excluding hydrogens is 391 g/mol. The van der Waals surface area contributed by atoms with Crippen LogP contribution in [0.2, 0.25) is 5.02 Å². The summed E-state index contributed by atoms with van der Waals surface area (Å²) in [6.07, 6.45) is 0. The SMILES string of the molecule is Cl.O=C(c1ccc(Br)o1)N1CCNCC1c1cccc(Cl)c1. The third-order valence-corrected chi connectivity index (χ3v) is 4.18. The lowest BCUT2D eigenvalue weighted by molar-refractivity contribution is 0.0600. The van der Waals surface area contributed by atoms with Crippen LogP contribution in [0.25, 0.3) is 0 Å². The van der Waals surface area contributed by atoms with E-state index in [0.29, 0.717) is 28.5 Å². The van der Waals surface area contributed by atoms with E-state index in [-0.39, 0.29) is 24.4 Å². The zero-order chi connectivity index (χ0) is 14.8. The minimum absolute atomic E-state index is 0. The van der Waals surface area contributed by atoms with Gasteiger partial charge in [-0.05, 0) is 45.8 Å². The molecular formula is C15H15BrCl2N2O2. The van der Waals surface area contributed by atoms with Gasteiger partial charge in [0.1, 0.15) is 0 Å². The van der Waals surface area contributed by atoms with Gasteiger partial charge in [0.2, 0.25) is 0 Å². The van der Waals surface area contributed by atoms with E-state index in [1.807, 2.05) is 29.2 Å². The second kappa shape index (κ2) is 7.51. The van der Waals surface area contributed by atoms with Crippen molar-refractivity contribution in [3.8, 4) is 0 Å². The Labute approximate surface area is 148 Å². The van der Waals surface area contributed by atoms with Crippen molar-refractivity contribution < 1.29 is 9.21 Å². The van der Waals surface area contributed by atoms with Gasteiger partial charge in [0.05, 0.1) is 6.04 Å². The summed E-state index contributed by atoms with van der Waals surface area (Å²) >= 11 is 9.29. The minimum Gasteiger partial charge on any atom is -0.444 e. The molecule has 1 saturated heterocycles. The average molecular weight is 406 g/mol. The highest BCUT2D eigenvalue weighted by Gasteiger charge is 2.30. The monoisotopic (exact) mass is 404 g/mol. The van der Waals surface area contributed by atoms with Gasteiger partial charge < -0.3 is 14.6 Å². The van der Waals surface area contributed by atoms with Gasteiger partial charge in [0.25, 0.3) is 5.91 Å². The maximum absolute atomic E-state index is 12.6. The van der Waals surface area contributed by atoms with Crippen LogP contribution in [0.15, 0.2) is 45.5 Å². The molecule has 2 heterocycles. The summed E-state index contributed by atoms with van der Waals surface area (Å²) in [5.74, 6) is 0.239. The molecule has 1 aliphatic rings. The molecule has 0 spiro atoms. The number of nitrogens with one attached hydrogen (secondary N) is 1. The van der Waals surface area contributed by atoms with Gasteiger partial charge in [-0.1, -0.05) is 23.7 Å². The van der Waals surface area contributed by atoms with E-state index < -0.39 is 0 Å². The lowest BCUT2D eigenvalue weighted by Gasteiger charge is -2.36. The highest BCUT2D eigenvalue weighted by molar-refractivity contribution is 9.10. The Morgan fingerprint density at radius 2 is 2.18 bits per heavy atom. The van der Waals surface area contributed by atoms with Gasteiger partial charge in [-0.3, -0.25) is 4.79 Å². The number of furan rings is 1. The van der Waals surface area contributed by atoms with Crippen LogP contribution in [0.1, 0.15) is 22.2 Å². The maximum Gasteiger partial charge on any atom is 0.290 e. The second-order valence-electron chi connectivity index (χ2n) is 4.88. The standard InChI is InChI=1S/C15H14BrClN2O2.ClH/c16-14-5-4-13(21-14)15(20)19-7-6-18-9-12(19)10-2-1-3-11(17)8-10;/h1-5,8,12,18H,6-7,9H2;1H. The molecule has 2 aromatic rings. The summed E-state index contributed by atoms with van der Waals surface area (Å²) in [6, 6.07) is 11.0. The smallest absolute Gasteiger partial charge is 0.290 e. The quantitative estimate of drug-likeness (QED) is 0.823. The molecule has 0 radical (unpaired) electrons. The van der Waals surface area contributed by atoms with Crippen LogP contribution >= 0.6 is 39.9 Å². The average Bonchev–Trinajstić information content (AvgIpc) is 2.93. The van der Waals surface area contributed by atoms with Crippen molar-refractivity contribution in [3.05, 3.63) is 57.4 Å². The van der Waals surface area contributed by atoms with Crippen LogP contribution in [-0.4, -0.2) is 30.4 Å². The molecule has 0 bridgehead atoms. The Balaban J connectivity index is 0.00000176. The molecule has 1 atom stereocenters. The molecule has 22 heavy (non-hydrogen) atoms. The Kier molecular flexibility index (Phi) is 5.92. The van der Waals surface area contributed by atoms with Gasteiger partial charge in [-0.15, -0.1) is 12.4 Å². The van der Waals surface area contributed by atoms with Gasteiger partial charge >= 0.3 is 0 Å². The number of amides is 1. The number of carbonyl (C=O) groups is 1. The number of halogens is 3. The van der Waals surface area contributed by atoms with Gasteiger partial charge in [-0.2, -0.15) is 0 Å². The van der Waals surface area contributed by atoms with E-state index in [0.717, 1.165) is 12.1 Å². The number of carbonyl (C=O) groups excluding carboxylic acids is 1. The van der Waals surface area contributed by atoms with E-state index in [4.69, 9.17) is 16.0 Å². The van der Waals surface area contributed by atoms with Crippen LogP contribution in [0, 0.1) is 0 Å². The number of hydrogen-bond donors (Lipinski definition) is 1. The van der Waals surface area contributed by atoms with Crippen molar-refractivity contribution in [2.45, 2.75) is 6.04 Å². The predicted octanol–water partition coefficient (Wildman–Crippen LogP) is 3.90. The van der Waals surface area contributed by atoms with E-state index in [2.05, 4.69) is 21.2 Å². The molecule has 0 saturated carbocycles. The molecule has 118 valence electrons. The molecule has 0 aliphatic carbocycles. The summed E-state index contributed by atoms with van der Waals surface area (Å²) in [4.78, 5) is 14.5. The molecule has 1 aliphatic heterocycles. The predicted molar refractivity (Wildman–Crippen MR) is 91.8 cm³/mol. The second-order valence-corrected chi connectivity index (χ2v) is 6.10. The van der Waals surface area contributed by atoms with Crippen LogP contribution < -0.4 is 5.32 Å². The van der Waals surface area contributed by atoms with Crippen molar-refractivity contribution in [2.24, 2.45) is 0 Å². The molecule has 1 fully saturated rings. The Bertz CT molecular complexity index is 662. The van der Waals surface area contributed by atoms with Gasteiger partial charge in [0.15, 0.2) is 10.4 Å². The molecule has 1 N–H and O–H groups in total. The third kappa shape index (κ3) is 3.66. The highest BCUT2D eigenvalue weighted by atomic mass is 79.9. The summed E-state index contributed by atoms with van der Waals surface area (Å²) < 4.78 is 5.94. The summed E-state index contributed by atoms with van der Waals surface area (Å²) in [5.41, 5.74) is 1.02. The Hall–Kier alpha value is -1.01. The Morgan fingerprint density at radius 3 is 2.86 bits per heavy atom. The van der Waals surface area contributed by atoms with Crippen LogP contribution in [-0.2, 0) is 0 Å². The fraction of sp³-hybridized carbons (Fsp3) is 0.267. The third-order valence-electron chi connectivity index (χ3n) is 3.52. The van der Waals surface area contributed by atoms with E-state index >= 15 is 0 Å². The first-order chi connectivity index (χ1) is 10.1. The largest absolute Gasteiger partial charge is 0.444 e. The van der Waals surface area contributed by atoms with E-state index in [1.165, 1.54) is 0 Å². The molecule has 1 aromatic heterocycles. The summed E-state index contributed by atoms with van der Waals surface area (Å²) in [5, 5.41) is 3.99. The molecule has 7 heteroatoms. The lowest BCUT2D eigenvalue weighted by atomic mass is 10.0. The van der Waals surface area contributed by atoms with Crippen molar-refractivity contribution in [1.29, 1.82) is 0 Å². The summed E-state index contributed by atoms with van der Waals surface area (Å²) in [6.45, 7) is 2.10. The minimum atomic E-state index is -0.104. The molecule has 1 amide bonds. The zero-order valence-electron chi connectivity index (χ0n) is 11.6. The van der Waals surface area contributed by atoms with Crippen molar-refractivity contribution in [1.82, 2.24) is 10.2 Å². The number of benzene rings is 1. The van der Waals surface area contributed by atoms with Crippen LogP contribution in [0.5, 0.6) is 0 Å². The van der Waals surface area contributed by atoms with Gasteiger partial charge in [-0.25, -0.2) is 0 Å². The molecule has 1 aromatic carbocycles. The fourth-order valence-electron chi connectivity index (χ4n) is 2.53. The first kappa shape index (κ1) is 17.3. The van der Waals surface area contributed by atoms with Gasteiger partial charge in [0, 0.05) is 24.7 Å². The van der Waals surface area contributed by atoms with Crippen molar-refractivity contribution in [3.63, 3.8) is 0 Å². The first-order valence-electron chi connectivity index (χ1n) is 6.67. The zero-order valence-corrected chi connectivity index (χ0v) is 14.7. The van der Waals surface area contributed by atoms with Crippen LogP contribution in [0.3, 0.4) is 0 Å². The number of nitrogens with zero attached hydrogens (tertiary/aromatic N) is 1. The number of hydrogen-bond acceptors (Lipinski definition) is 3. The number of rotatable bonds is 2. The van der Waals surface area contributed by atoms with E-state index in [1.54, 1.807) is 12.1 Å². The number of piperazine rings is 1. The first-order valence-corrected chi connectivity index (χ1v) is 7.85. The molecule has 4 nitrogen and oxygen atoms in total. The van der Waals surface area contributed by atoms with Crippen LogP contribution in [0.4, 0.5) is 0 Å². The molecule has 1 unspecified atom stereocenters. The van der Waals surface area contributed by atoms with Crippen molar-refractivity contribution in [2.75, 3.05) is 19.6 Å². The maximum atomic E-state index is 12.6. The molecule has 3 rings (SSSR count).